The van der Waals surface area contributed by atoms with Gasteiger partial charge in [0.15, 0.2) is 9.84 Å². The van der Waals surface area contributed by atoms with Crippen molar-refractivity contribution in [1.29, 1.82) is 0 Å². The van der Waals surface area contributed by atoms with E-state index in [1.165, 1.54) is 0 Å². The van der Waals surface area contributed by atoms with Gasteiger partial charge in [-0.1, -0.05) is 0 Å². The van der Waals surface area contributed by atoms with Crippen LogP contribution in [0.15, 0.2) is 23.3 Å². The zero-order valence-electron chi connectivity index (χ0n) is 14.0. The number of rotatable bonds is 6. The first-order valence-electron chi connectivity index (χ1n) is 7.60. The maximum atomic E-state index is 11.9. The Morgan fingerprint density at radius 3 is 2.67 bits per heavy atom. The highest BCUT2D eigenvalue weighted by atomic mass is 32.2. The quantitative estimate of drug-likeness (QED) is 0.615. The van der Waals surface area contributed by atoms with Crippen LogP contribution >= 0.6 is 0 Å². The number of benzene rings is 1. The topological polar surface area (TPSA) is 94.1 Å². The largest absolute Gasteiger partial charge is 0.497 e. The van der Waals surface area contributed by atoms with Crippen LogP contribution in [0.2, 0.25) is 0 Å². The van der Waals surface area contributed by atoms with E-state index in [0.29, 0.717) is 23.6 Å². The SMILES string of the molecule is COc1ccc(/C(C)=N\NC(=O)C[C@@H]2CCS(=O)(=O)C2)c(OC)c1. The zero-order chi connectivity index (χ0) is 17.7. The van der Waals surface area contributed by atoms with Crippen LogP contribution in [-0.2, 0) is 14.6 Å². The molecule has 7 nitrogen and oxygen atoms in total. The molecule has 24 heavy (non-hydrogen) atoms. The molecule has 132 valence electrons. The van der Waals surface area contributed by atoms with Gasteiger partial charge in [0, 0.05) is 18.1 Å². The summed E-state index contributed by atoms with van der Waals surface area (Å²) in [5.41, 5.74) is 3.81. The van der Waals surface area contributed by atoms with Crippen LogP contribution in [0.3, 0.4) is 0 Å². The Hall–Kier alpha value is -2.09. The Bertz CT molecular complexity index is 743. The summed E-state index contributed by atoms with van der Waals surface area (Å²) in [6, 6.07) is 5.31. The van der Waals surface area contributed by atoms with E-state index in [2.05, 4.69) is 10.5 Å². The van der Waals surface area contributed by atoms with Crippen LogP contribution in [0.5, 0.6) is 11.5 Å². The van der Waals surface area contributed by atoms with Crippen molar-refractivity contribution in [3.05, 3.63) is 23.8 Å². The Morgan fingerprint density at radius 1 is 1.33 bits per heavy atom. The number of sulfone groups is 1. The summed E-state index contributed by atoms with van der Waals surface area (Å²) < 4.78 is 33.3. The molecular formula is C16H22N2O5S. The maximum absolute atomic E-state index is 11.9. The van der Waals surface area contributed by atoms with E-state index in [1.807, 2.05) is 0 Å². The van der Waals surface area contributed by atoms with Gasteiger partial charge in [0.2, 0.25) is 5.91 Å². The summed E-state index contributed by atoms with van der Waals surface area (Å²) in [6.45, 7) is 1.75. The molecule has 0 aliphatic carbocycles. The second-order valence-electron chi connectivity index (χ2n) is 5.77. The van der Waals surface area contributed by atoms with E-state index < -0.39 is 9.84 Å². The number of hydrogen-bond acceptors (Lipinski definition) is 6. The number of amides is 1. The fraction of sp³-hybridized carbons (Fsp3) is 0.500. The third kappa shape index (κ3) is 4.70. The fourth-order valence-electron chi connectivity index (χ4n) is 2.64. The number of carbonyl (C=O) groups excluding carboxylic acids is 1. The third-order valence-corrected chi connectivity index (χ3v) is 5.78. The predicted molar refractivity (Wildman–Crippen MR) is 91.3 cm³/mol. The second-order valence-corrected chi connectivity index (χ2v) is 8.00. The smallest absolute Gasteiger partial charge is 0.240 e. The van der Waals surface area contributed by atoms with Crippen molar-refractivity contribution in [3.8, 4) is 11.5 Å². The van der Waals surface area contributed by atoms with Gasteiger partial charge in [-0.2, -0.15) is 5.10 Å². The molecule has 0 saturated carbocycles. The normalized spacial score (nSPS) is 19.8. The van der Waals surface area contributed by atoms with Crippen LogP contribution in [0.25, 0.3) is 0 Å². The van der Waals surface area contributed by atoms with E-state index in [0.717, 1.165) is 5.56 Å². The predicted octanol–water partition coefficient (Wildman–Crippen LogP) is 1.37. The first-order chi connectivity index (χ1) is 11.3. The minimum absolute atomic E-state index is 0.0788. The lowest BCUT2D eigenvalue weighted by Crippen LogP contribution is -2.22. The minimum atomic E-state index is -2.98. The summed E-state index contributed by atoms with van der Waals surface area (Å²) in [7, 11) is 0.139. The van der Waals surface area contributed by atoms with Crippen LogP contribution < -0.4 is 14.9 Å². The number of methoxy groups -OCH3 is 2. The number of hydrazone groups is 1. The van der Waals surface area contributed by atoms with Crippen molar-refractivity contribution in [2.75, 3.05) is 25.7 Å². The molecule has 1 fully saturated rings. The molecule has 1 heterocycles. The molecule has 1 aliphatic rings. The Morgan fingerprint density at radius 2 is 2.08 bits per heavy atom. The van der Waals surface area contributed by atoms with Gasteiger partial charge in [-0.25, -0.2) is 13.8 Å². The van der Waals surface area contributed by atoms with E-state index in [-0.39, 0.29) is 29.8 Å². The molecule has 2 rings (SSSR count). The molecule has 1 aromatic rings. The molecule has 1 aromatic carbocycles. The standard InChI is InChI=1S/C16H22N2O5S/c1-11(14-5-4-13(22-2)9-15(14)23-3)17-18-16(19)8-12-6-7-24(20,21)10-12/h4-5,9,12H,6-8,10H2,1-3H3,(H,18,19)/b17-11-/t12-/m0/s1. The number of hydrogen-bond donors (Lipinski definition) is 1. The van der Waals surface area contributed by atoms with Gasteiger partial charge in [-0.05, 0) is 31.4 Å². The van der Waals surface area contributed by atoms with Gasteiger partial charge in [-0.3, -0.25) is 4.79 Å². The molecule has 8 heteroatoms. The summed E-state index contributed by atoms with van der Waals surface area (Å²) in [6.07, 6.45) is 0.695. The second kappa shape index (κ2) is 7.65. The average molecular weight is 354 g/mol. The molecule has 1 N–H and O–H groups in total. The molecule has 1 atom stereocenters. The van der Waals surface area contributed by atoms with E-state index in [1.54, 1.807) is 39.3 Å². The highest BCUT2D eigenvalue weighted by Gasteiger charge is 2.29. The molecule has 0 aromatic heterocycles. The summed E-state index contributed by atoms with van der Waals surface area (Å²) in [5.74, 6) is 1.08. The van der Waals surface area contributed by atoms with E-state index in [9.17, 15) is 13.2 Å². The first kappa shape index (κ1) is 18.3. The lowest BCUT2D eigenvalue weighted by atomic mass is 10.1. The molecule has 0 unspecified atom stereocenters. The zero-order valence-corrected chi connectivity index (χ0v) is 14.9. The van der Waals surface area contributed by atoms with Crippen LogP contribution in [0, 0.1) is 5.92 Å². The average Bonchev–Trinajstić information content (AvgIpc) is 2.90. The van der Waals surface area contributed by atoms with Crippen LogP contribution in [-0.4, -0.2) is 45.8 Å². The molecule has 0 radical (unpaired) electrons. The van der Waals surface area contributed by atoms with Crippen molar-refractivity contribution in [3.63, 3.8) is 0 Å². The van der Waals surface area contributed by atoms with Gasteiger partial charge < -0.3 is 9.47 Å². The molecule has 0 spiro atoms. The third-order valence-electron chi connectivity index (χ3n) is 3.95. The molecule has 1 amide bonds. The monoisotopic (exact) mass is 354 g/mol. The number of carbonyl (C=O) groups is 1. The fourth-order valence-corrected chi connectivity index (χ4v) is 4.51. The molecule has 1 aliphatic heterocycles. The van der Waals surface area contributed by atoms with Crippen molar-refractivity contribution < 1.29 is 22.7 Å². The van der Waals surface area contributed by atoms with E-state index >= 15 is 0 Å². The first-order valence-corrected chi connectivity index (χ1v) is 9.42. The van der Waals surface area contributed by atoms with Crippen LogP contribution in [0.1, 0.15) is 25.3 Å². The maximum Gasteiger partial charge on any atom is 0.240 e. The highest BCUT2D eigenvalue weighted by Crippen LogP contribution is 2.25. The summed E-state index contributed by atoms with van der Waals surface area (Å²) in [4.78, 5) is 11.9. The lowest BCUT2D eigenvalue weighted by molar-refractivity contribution is -0.121. The van der Waals surface area contributed by atoms with Crippen molar-refractivity contribution in [1.82, 2.24) is 5.43 Å². The van der Waals surface area contributed by atoms with Crippen molar-refractivity contribution in [2.45, 2.75) is 19.8 Å². The Labute approximate surface area is 142 Å². The molecule has 1 saturated heterocycles. The highest BCUT2D eigenvalue weighted by molar-refractivity contribution is 7.91. The van der Waals surface area contributed by atoms with Crippen molar-refractivity contribution >= 4 is 21.5 Å². The number of nitrogens with zero attached hydrogens (tertiary/aromatic N) is 1. The van der Waals surface area contributed by atoms with Crippen molar-refractivity contribution in [2.24, 2.45) is 11.0 Å². The Kier molecular flexibility index (Phi) is 5.82. The van der Waals surface area contributed by atoms with Gasteiger partial charge in [0.25, 0.3) is 0 Å². The van der Waals surface area contributed by atoms with E-state index in [4.69, 9.17) is 9.47 Å². The number of nitrogens with one attached hydrogen (secondary N) is 1. The summed E-state index contributed by atoms with van der Waals surface area (Å²) in [5, 5.41) is 4.08. The van der Waals surface area contributed by atoms with Crippen LogP contribution in [0.4, 0.5) is 0 Å². The summed E-state index contributed by atoms with van der Waals surface area (Å²) >= 11 is 0. The molecule has 0 bridgehead atoms. The van der Waals surface area contributed by atoms with Gasteiger partial charge >= 0.3 is 0 Å². The van der Waals surface area contributed by atoms with Gasteiger partial charge in [0.05, 0.1) is 31.4 Å². The lowest BCUT2D eigenvalue weighted by Gasteiger charge is -2.10. The minimum Gasteiger partial charge on any atom is -0.497 e. The van der Waals surface area contributed by atoms with Gasteiger partial charge in [0.1, 0.15) is 11.5 Å². The molecular weight excluding hydrogens is 332 g/mol. The van der Waals surface area contributed by atoms with Gasteiger partial charge in [-0.15, -0.1) is 0 Å². The number of ether oxygens (including phenoxy) is 2. The Balaban J connectivity index is 2.00.